The zero-order valence-electron chi connectivity index (χ0n) is 10.9. The smallest absolute Gasteiger partial charge is 0.324 e. The zero-order chi connectivity index (χ0) is 14.5. The summed E-state index contributed by atoms with van der Waals surface area (Å²) in [5.74, 6) is -0.677. The summed E-state index contributed by atoms with van der Waals surface area (Å²) in [4.78, 5) is 12.0. The Balaban J connectivity index is 3.16. The minimum absolute atomic E-state index is 0.133. The third-order valence-electron chi connectivity index (χ3n) is 2.60. The van der Waals surface area contributed by atoms with E-state index < -0.39 is 21.1 Å². The molecule has 6 heteroatoms. The number of hydrogen-bond donors (Lipinski definition) is 0. The number of halogens is 1. The van der Waals surface area contributed by atoms with Gasteiger partial charge in [-0.2, -0.15) is 0 Å². The van der Waals surface area contributed by atoms with Crippen LogP contribution in [0.2, 0.25) is 0 Å². The summed E-state index contributed by atoms with van der Waals surface area (Å²) in [6.45, 7) is 3.67. The van der Waals surface area contributed by atoms with Gasteiger partial charge in [0.25, 0.3) is 0 Å². The first kappa shape index (κ1) is 16.2. The number of carbonyl (C=O) groups excluding carboxylic acids is 1. The molecule has 0 aliphatic rings. The number of rotatable bonds is 6. The van der Waals surface area contributed by atoms with Crippen LogP contribution in [-0.4, -0.2) is 26.2 Å². The Morgan fingerprint density at radius 1 is 1.37 bits per heavy atom. The van der Waals surface area contributed by atoms with Crippen LogP contribution >= 0.6 is 15.9 Å². The molecule has 1 atom stereocenters. The Morgan fingerprint density at radius 2 is 2.05 bits per heavy atom. The van der Waals surface area contributed by atoms with E-state index >= 15 is 0 Å². The molecule has 0 spiro atoms. The van der Waals surface area contributed by atoms with E-state index in [0.717, 1.165) is 0 Å². The largest absolute Gasteiger partial charge is 0.465 e. The van der Waals surface area contributed by atoms with Gasteiger partial charge in [-0.05, 0) is 31.5 Å². The molecule has 19 heavy (non-hydrogen) atoms. The standard InChI is InChI=1S/C13H17BrO4S/c1-3-6-12(13(15)18-4-2)19(16,17)11-8-5-7-10(14)9-11/h5,7-9,12H,3-4,6H2,1-2H3. The lowest BCUT2D eigenvalue weighted by molar-refractivity contribution is -0.142. The van der Waals surface area contributed by atoms with Gasteiger partial charge in [0.05, 0.1) is 11.5 Å². The van der Waals surface area contributed by atoms with Crippen molar-refractivity contribution in [2.45, 2.75) is 36.8 Å². The molecule has 0 amide bonds. The summed E-state index contributed by atoms with van der Waals surface area (Å²) in [6, 6.07) is 6.35. The number of carbonyl (C=O) groups is 1. The number of ether oxygens (including phenoxy) is 1. The monoisotopic (exact) mass is 348 g/mol. The molecule has 0 N–H and O–H groups in total. The van der Waals surface area contributed by atoms with Crippen molar-refractivity contribution >= 4 is 31.7 Å². The maximum Gasteiger partial charge on any atom is 0.324 e. The third-order valence-corrected chi connectivity index (χ3v) is 5.18. The molecule has 1 rings (SSSR count). The summed E-state index contributed by atoms with van der Waals surface area (Å²) in [6.07, 6.45) is 0.852. The molecule has 4 nitrogen and oxygen atoms in total. The van der Waals surface area contributed by atoms with Gasteiger partial charge >= 0.3 is 5.97 Å². The van der Waals surface area contributed by atoms with Crippen molar-refractivity contribution in [2.75, 3.05) is 6.61 Å². The molecule has 106 valence electrons. The fraction of sp³-hybridized carbons (Fsp3) is 0.462. The molecule has 0 fully saturated rings. The molecule has 0 aliphatic heterocycles. The first-order chi connectivity index (χ1) is 8.93. The number of benzene rings is 1. The van der Waals surface area contributed by atoms with Crippen LogP contribution < -0.4 is 0 Å². The van der Waals surface area contributed by atoms with Crippen molar-refractivity contribution in [1.82, 2.24) is 0 Å². The van der Waals surface area contributed by atoms with Gasteiger partial charge in [-0.3, -0.25) is 4.79 Å². The minimum atomic E-state index is -3.71. The van der Waals surface area contributed by atoms with E-state index in [-0.39, 0.29) is 17.9 Å². The van der Waals surface area contributed by atoms with E-state index in [1.165, 1.54) is 12.1 Å². The highest BCUT2D eigenvalue weighted by atomic mass is 79.9. The van der Waals surface area contributed by atoms with Crippen LogP contribution in [0.1, 0.15) is 26.7 Å². The van der Waals surface area contributed by atoms with Gasteiger partial charge in [-0.1, -0.05) is 35.3 Å². The van der Waals surface area contributed by atoms with Crippen LogP contribution in [0.4, 0.5) is 0 Å². The lowest BCUT2D eigenvalue weighted by Gasteiger charge is -2.15. The first-order valence-electron chi connectivity index (χ1n) is 6.09. The van der Waals surface area contributed by atoms with Gasteiger partial charge in [0, 0.05) is 4.47 Å². The molecule has 0 heterocycles. The van der Waals surface area contributed by atoms with Gasteiger partial charge in [-0.15, -0.1) is 0 Å². The maximum absolute atomic E-state index is 12.5. The van der Waals surface area contributed by atoms with E-state index in [1.807, 2.05) is 6.92 Å². The Hall–Kier alpha value is -0.880. The molecule has 0 bridgehead atoms. The summed E-state index contributed by atoms with van der Waals surface area (Å²) < 4.78 is 30.5. The van der Waals surface area contributed by atoms with Crippen LogP contribution in [0.25, 0.3) is 0 Å². The SMILES string of the molecule is CCCC(C(=O)OCC)S(=O)(=O)c1cccc(Br)c1. The van der Waals surface area contributed by atoms with Gasteiger partial charge in [-0.25, -0.2) is 8.42 Å². The van der Waals surface area contributed by atoms with Crippen molar-refractivity contribution in [2.24, 2.45) is 0 Å². The molecule has 1 aromatic carbocycles. The second kappa shape index (κ2) is 7.05. The van der Waals surface area contributed by atoms with Crippen LogP contribution in [-0.2, 0) is 19.4 Å². The first-order valence-corrected chi connectivity index (χ1v) is 8.43. The Morgan fingerprint density at radius 3 is 2.58 bits per heavy atom. The van der Waals surface area contributed by atoms with E-state index in [9.17, 15) is 13.2 Å². The highest BCUT2D eigenvalue weighted by molar-refractivity contribution is 9.10. The number of sulfone groups is 1. The van der Waals surface area contributed by atoms with Gasteiger partial charge < -0.3 is 4.74 Å². The summed E-state index contributed by atoms with van der Waals surface area (Å²) >= 11 is 3.23. The van der Waals surface area contributed by atoms with E-state index in [1.54, 1.807) is 19.1 Å². The van der Waals surface area contributed by atoms with Gasteiger partial charge in [0.1, 0.15) is 0 Å². The lowest BCUT2D eigenvalue weighted by atomic mass is 10.2. The highest BCUT2D eigenvalue weighted by Crippen LogP contribution is 2.23. The predicted octanol–water partition coefficient (Wildman–Crippen LogP) is 2.95. The van der Waals surface area contributed by atoms with Gasteiger partial charge in [0.15, 0.2) is 15.1 Å². The van der Waals surface area contributed by atoms with Crippen molar-refractivity contribution in [3.8, 4) is 0 Å². The van der Waals surface area contributed by atoms with Gasteiger partial charge in [0.2, 0.25) is 0 Å². The fourth-order valence-electron chi connectivity index (χ4n) is 1.71. The Labute approximate surface area is 122 Å². The molecule has 1 unspecified atom stereocenters. The predicted molar refractivity (Wildman–Crippen MR) is 76.7 cm³/mol. The fourth-order valence-corrected chi connectivity index (χ4v) is 4.01. The molecule has 1 aromatic rings. The van der Waals surface area contributed by atoms with Crippen molar-refractivity contribution in [3.63, 3.8) is 0 Å². The highest BCUT2D eigenvalue weighted by Gasteiger charge is 2.34. The van der Waals surface area contributed by atoms with Crippen molar-refractivity contribution < 1.29 is 17.9 Å². The molecule has 0 radical (unpaired) electrons. The van der Waals surface area contributed by atoms with Crippen molar-refractivity contribution in [3.05, 3.63) is 28.7 Å². The third kappa shape index (κ3) is 4.04. The zero-order valence-corrected chi connectivity index (χ0v) is 13.3. The summed E-state index contributed by atoms with van der Waals surface area (Å²) in [7, 11) is -3.71. The molecular formula is C13H17BrO4S. The molecule has 0 aromatic heterocycles. The molecule has 0 saturated heterocycles. The summed E-state index contributed by atoms with van der Waals surface area (Å²) in [5, 5.41) is -1.13. The van der Waals surface area contributed by atoms with E-state index in [4.69, 9.17) is 4.74 Å². The summed E-state index contributed by atoms with van der Waals surface area (Å²) in [5.41, 5.74) is 0. The normalized spacial score (nSPS) is 13.0. The molecule has 0 saturated carbocycles. The molecule has 0 aliphatic carbocycles. The minimum Gasteiger partial charge on any atom is -0.465 e. The quantitative estimate of drug-likeness (QED) is 0.741. The maximum atomic E-state index is 12.5. The van der Waals surface area contributed by atoms with Crippen LogP contribution in [0, 0.1) is 0 Å². The molecular weight excluding hydrogens is 332 g/mol. The topological polar surface area (TPSA) is 60.4 Å². The van der Waals surface area contributed by atoms with E-state index in [0.29, 0.717) is 10.9 Å². The van der Waals surface area contributed by atoms with Crippen LogP contribution in [0.15, 0.2) is 33.6 Å². The van der Waals surface area contributed by atoms with Crippen molar-refractivity contribution in [1.29, 1.82) is 0 Å². The Kier molecular flexibility index (Phi) is 6.00. The Bertz CT molecular complexity index is 539. The van der Waals surface area contributed by atoms with Crippen LogP contribution in [0.5, 0.6) is 0 Å². The average molecular weight is 349 g/mol. The second-order valence-electron chi connectivity index (χ2n) is 4.03. The van der Waals surface area contributed by atoms with Crippen LogP contribution in [0.3, 0.4) is 0 Å². The van der Waals surface area contributed by atoms with E-state index in [2.05, 4.69) is 15.9 Å². The lowest BCUT2D eigenvalue weighted by Crippen LogP contribution is -2.32. The number of esters is 1. The number of hydrogen-bond acceptors (Lipinski definition) is 4. The second-order valence-corrected chi connectivity index (χ2v) is 7.08. The average Bonchev–Trinajstić information content (AvgIpc) is 2.36.